The third-order valence-corrected chi connectivity index (χ3v) is 2.66. The molecule has 6 nitrogen and oxygen atoms in total. The standard InChI is InChI=1S/C13H23NO5/c1-12(2,3)19-11(16)14-8-13(4,5)18-7-9(14)10(15)17-6/h9H,7-8H2,1-6H3/t9-/m0/s1. The number of esters is 1. The van der Waals surface area contributed by atoms with Crippen LogP contribution in [0.5, 0.6) is 0 Å². The van der Waals surface area contributed by atoms with Crippen LogP contribution >= 0.6 is 0 Å². The zero-order valence-electron chi connectivity index (χ0n) is 12.5. The highest BCUT2D eigenvalue weighted by atomic mass is 16.6. The predicted octanol–water partition coefficient (Wildman–Crippen LogP) is 1.57. The van der Waals surface area contributed by atoms with Crippen LogP contribution in [-0.4, -0.2) is 54.5 Å². The Morgan fingerprint density at radius 1 is 1.32 bits per heavy atom. The number of methoxy groups -OCH3 is 1. The van der Waals surface area contributed by atoms with E-state index in [1.165, 1.54) is 12.0 Å². The van der Waals surface area contributed by atoms with Gasteiger partial charge in [0.15, 0.2) is 6.04 Å². The van der Waals surface area contributed by atoms with Gasteiger partial charge in [0.2, 0.25) is 0 Å². The Morgan fingerprint density at radius 3 is 2.37 bits per heavy atom. The maximum Gasteiger partial charge on any atom is 0.411 e. The van der Waals surface area contributed by atoms with Crippen LogP contribution < -0.4 is 0 Å². The van der Waals surface area contributed by atoms with Crippen LogP contribution in [0.1, 0.15) is 34.6 Å². The molecule has 0 aliphatic carbocycles. The second kappa shape index (κ2) is 5.36. The molecule has 110 valence electrons. The first kappa shape index (κ1) is 15.8. The minimum atomic E-state index is -0.757. The van der Waals surface area contributed by atoms with E-state index in [2.05, 4.69) is 0 Å². The summed E-state index contributed by atoms with van der Waals surface area (Å²) in [5.41, 5.74) is -1.12. The lowest BCUT2D eigenvalue weighted by Gasteiger charge is -2.42. The molecule has 1 aliphatic heterocycles. The molecule has 0 unspecified atom stereocenters. The molecule has 0 N–H and O–H groups in total. The quantitative estimate of drug-likeness (QED) is 0.679. The van der Waals surface area contributed by atoms with E-state index < -0.39 is 29.3 Å². The Kier molecular flexibility index (Phi) is 4.45. The fourth-order valence-electron chi connectivity index (χ4n) is 1.80. The van der Waals surface area contributed by atoms with E-state index in [9.17, 15) is 9.59 Å². The van der Waals surface area contributed by atoms with Gasteiger partial charge >= 0.3 is 12.1 Å². The summed E-state index contributed by atoms with van der Waals surface area (Å²) in [6.07, 6.45) is -0.528. The van der Waals surface area contributed by atoms with Crippen molar-refractivity contribution in [3.05, 3.63) is 0 Å². The van der Waals surface area contributed by atoms with Crippen LogP contribution in [0, 0.1) is 0 Å². The maximum atomic E-state index is 12.2. The van der Waals surface area contributed by atoms with E-state index in [1.54, 1.807) is 20.8 Å². The van der Waals surface area contributed by atoms with Crippen molar-refractivity contribution >= 4 is 12.1 Å². The van der Waals surface area contributed by atoms with Crippen molar-refractivity contribution in [1.29, 1.82) is 0 Å². The average molecular weight is 273 g/mol. The van der Waals surface area contributed by atoms with Gasteiger partial charge in [0.1, 0.15) is 5.60 Å². The molecular weight excluding hydrogens is 250 g/mol. The molecule has 1 saturated heterocycles. The first-order valence-corrected chi connectivity index (χ1v) is 6.27. The summed E-state index contributed by atoms with van der Waals surface area (Å²) in [6, 6.07) is -0.757. The summed E-state index contributed by atoms with van der Waals surface area (Å²) in [5, 5.41) is 0. The molecule has 0 bridgehead atoms. The van der Waals surface area contributed by atoms with Crippen molar-refractivity contribution in [2.24, 2.45) is 0 Å². The van der Waals surface area contributed by atoms with Gasteiger partial charge in [-0.15, -0.1) is 0 Å². The molecule has 1 atom stereocenters. The van der Waals surface area contributed by atoms with Gasteiger partial charge in [0.05, 0.1) is 25.9 Å². The van der Waals surface area contributed by atoms with Gasteiger partial charge < -0.3 is 14.2 Å². The van der Waals surface area contributed by atoms with Crippen molar-refractivity contribution in [2.45, 2.75) is 51.9 Å². The minimum Gasteiger partial charge on any atom is -0.467 e. The Morgan fingerprint density at radius 2 is 1.89 bits per heavy atom. The minimum absolute atomic E-state index is 0.110. The maximum absolute atomic E-state index is 12.2. The molecule has 1 heterocycles. The zero-order valence-corrected chi connectivity index (χ0v) is 12.5. The molecule has 0 radical (unpaired) electrons. The van der Waals surface area contributed by atoms with Gasteiger partial charge in [0, 0.05) is 0 Å². The van der Waals surface area contributed by atoms with E-state index in [0.717, 1.165) is 0 Å². The summed E-state index contributed by atoms with van der Waals surface area (Å²) >= 11 is 0. The molecule has 1 fully saturated rings. The summed E-state index contributed by atoms with van der Waals surface area (Å²) in [6.45, 7) is 9.45. The first-order valence-electron chi connectivity index (χ1n) is 6.27. The second-order valence-corrected chi connectivity index (χ2v) is 6.22. The van der Waals surface area contributed by atoms with Crippen LogP contribution in [0.15, 0.2) is 0 Å². The monoisotopic (exact) mass is 273 g/mol. The number of ether oxygens (including phenoxy) is 3. The number of nitrogens with zero attached hydrogens (tertiary/aromatic N) is 1. The lowest BCUT2D eigenvalue weighted by atomic mass is 10.0. The summed E-state index contributed by atoms with van der Waals surface area (Å²) in [5.74, 6) is -0.499. The first-order chi connectivity index (χ1) is 8.56. The molecule has 0 aromatic carbocycles. The van der Waals surface area contributed by atoms with Gasteiger partial charge in [0.25, 0.3) is 0 Å². The number of rotatable bonds is 1. The van der Waals surface area contributed by atoms with E-state index in [0.29, 0.717) is 0 Å². The third kappa shape index (κ3) is 4.38. The van der Waals surface area contributed by atoms with Crippen LogP contribution in [0.4, 0.5) is 4.79 Å². The SMILES string of the molecule is COC(=O)[C@@H]1COC(C)(C)CN1C(=O)OC(C)(C)C. The lowest BCUT2D eigenvalue weighted by Crippen LogP contribution is -2.59. The molecular formula is C13H23NO5. The molecule has 19 heavy (non-hydrogen) atoms. The number of hydrogen-bond acceptors (Lipinski definition) is 5. The normalized spacial score (nSPS) is 22.8. The Labute approximate surface area is 114 Å². The smallest absolute Gasteiger partial charge is 0.411 e. The van der Waals surface area contributed by atoms with Gasteiger partial charge in [-0.05, 0) is 34.6 Å². The third-order valence-electron chi connectivity index (χ3n) is 2.66. The van der Waals surface area contributed by atoms with Crippen molar-refractivity contribution < 1.29 is 23.8 Å². The van der Waals surface area contributed by atoms with Crippen LogP contribution in [0.2, 0.25) is 0 Å². The van der Waals surface area contributed by atoms with E-state index in [-0.39, 0.29) is 13.2 Å². The highest BCUT2D eigenvalue weighted by Crippen LogP contribution is 2.23. The van der Waals surface area contributed by atoms with Crippen molar-refractivity contribution in [2.75, 3.05) is 20.3 Å². The van der Waals surface area contributed by atoms with Crippen molar-refractivity contribution in [3.63, 3.8) is 0 Å². The van der Waals surface area contributed by atoms with Gasteiger partial charge in [-0.1, -0.05) is 0 Å². The van der Waals surface area contributed by atoms with Crippen LogP contribution in [0.3, 0.4) is 0 Å². The van der Waals surface area contributed by atoms with Crippen molar-refractivity contribution in [3.8, 4) is 0 Å². The number of carbonyl (C=O) groups is 2. The van der Waals surface area contributed by atoms with Crippen LogP contribution in [-0.2, 0) is 19.0 Å². The van der Waals surface area contributed by atoms with E-state index >= 15 is 0 Å². The Hall–Kier alpha value is -1.30. The summed E-state index contributed by atoms with van der Waals surface area (Å²) < 4.78 is 15.6. The Bertz CT molecular complexity index is 359. The number of carbonyl (C=O) groups excluding carboxylic acids is 2. The molecule has 0 aromatic rings. The number of morpholine rings is 1. The van der Waals surface area contributed by atoms with Crippen molar-refractivity contribution in [1.82, 2.24) is 4.90 Å². The second-order valence-electron chi connectivity index (χ2n) is 6.22. The summed E-state index contributed by atoms with van der Waals surface area (Å²) in [7, 11) is 1.29. The van der Waals surface area contributed by atoms with Crippen LogP contribution in [0.25, 0.3) is 0 Å². The molecule has 1 rings (SSSR count). The van der Waals surface area contributed by atoms with Gasteiger partial charge in [-0.2, -0.15) is 0 Å². The highest BCUT2D eigenvalue weighted by Gasteiger charge is 2.42. The molecule has 0 spiro atoms. The van der Waals surface area contributed by atoms with E-state index in [1.807, 2.05) is 13.8 Å². The van der Waals surface area contributed by atoms with Gasteiger partial charge in [-0.25, -0.2) is 9.59 Å². The zero-order chi connectivity index (χ0) is 14.8. The molecule has 0 saturated carbocycles. The fourth-order valence-corrected chi connectivity index (χ4v) is 1.80. The van der Waals surface area contributed by atoms with E-state index in [4.69, 9.17) is 14.2 Å². The molecule has 6 heteroatoms. The largest absolute Gasteiger partial charge is 0.467 e. The molecule has 1 aliphatic rings. The highest BCUT2D eigenvalue weighted by molar-refractivity contribution is 5.82. The Balaban J connectivity index is 2.88. The summed E-state index contributed by atoms with van der Waals surface area (Å²) in [4.78, 5) is 25.3. The fraction of sp³-hybridized carbons (Fsp3) is 0.846. The molecule has 1 amide bonds. The molecule has 0 aromatic heterocycles. The van der Waals surface area contributed by atoms with Gasteiger partial charge in [-0.3, -0.25) is 4.90 Å². The topological polar surface area (TPSA) is 65.1 Å². The predicted molar refractivity (Wildman–Crippen MR) is 68.8 cm³/mol. The lowest BCUT2D eigenvalue weighted by molar-refractivity contribution is -0.163. The number of amides is 1. The number of hydrogen-bond donors (Lipinski definition) is 0. The average Bonchev–Trinajstić information content (AvgIpc) is 2.24.